The molecule has 1 N–H and O–H groups in total. The van der Waals surface area contributed by atoms with E-state index in [2.05, 4.69) is 0 Å². The normalized spacial score (nSPS) is 10.8. The zero-order valence-electron chi connectivity index (χ0n) is 8.96. The summed E-state index contributed by atoms with van der Waals surface area (Å²) in [5.41, 5.74) is 0.635. The highest BCUT2D eigenvalue weighted by molar-refractivity contribution is 7.90. The standard InChI is InChI=1S/C11H11NO4S/c12-6-1-7-17(15,16)8-9-2-4-10(5-3-9)11(13)14/h2-5H,1,7-8H2,(H,13,14). The van der Waals surface area contributed by atoms with Crippen molar-refractivity contribution in [1.82, 2.24) is 0 Å². The Morgan fingerprint density at radius 3 is 2.35 bits per heavy atom. The molecule has 0 saturated carbocycles. The second-order valence-electron chi connectivity index (χ2n) is 3.50. The van der Waals surface area contributed by atoms with Crippen molar-refractivity contribution in [1.29, 1.82) is 5.26 Å². The van der Waals surface area contributed by atoms with E-state index >= 15 is 0 Å². The van der Waals surface area contributed by atoms with Crippen LogP contribution in [0, 0.1) is 11.3 Å². The van der Waals surface area contributed by atoms with Crippen molar-refractivity contribution in [2.45, 2.75) is 12.2 Å². The molecule has 0 atom stereocenters. The van der Waals surface area contributed by atoms with E-state index in [1.807, 2.05) is 0 Å². The van der Waals surface area contributed by atoms with Crippen LogP contribution in [-0.4, -0.2) is 25.2 Å². The van der Waals surface area contributed by atoms with Crippen LogP contribution < -0.4 is 0 Å². The highest BCUT2D eigenvalue weighted by atomic mass is 32.2. The largest absolute Gasteiger partial charge is 0.478 e. The SMILES string of the molecule is N#CCCS(=O)(=O)Cc1ccc(C(=O)O)cc1. The lowest BCUT2D eigenvalue weighted by Gasteiger charge is -2.02. The maximum Gasteiger partial charge on any atom is 0.335 e. The van der Waals surface area contributed by atoms with Crippen molar-refractivity contribution in [3.8, 4) is 6.07 Å². The summed E-state index contributed by atoms with van der Waals surface area (Å²) >= 11 is 0. The minimum atomic E-state index is -3.30. The van der Waals surface area contributed by atoms with Crippen LogP contribution in [0.4, 0.5) is 0 Å². The number of sulfone groups is 1. The quantitative estimate of drug-likeness (QED) is 0.851. The lowest BCUT2D eigenvalue weighted by Crippen LogP contribution is -2.09. The van der Waals surface area contributed by atoms with Crippen LogP contribution in [0.15, 0.2) is 24.3 Å². The van der Waals surface area contributed by atoms with E-state index in [9.17, 15) is 13.2 Å². The topological polar surface area (TPSA) is 95.2 Å². The summed E-state index contributed by atoms with van der Waals surface area (Å²) in [6.45, 7) is 0. The monoisotopic (exact) mass is 253 g/mol. The molecule has 0 heterocycles. The molecule has 0 radical (unpaired) electrons. The third-order valence-corrected chi connectivity index (χ3v) is 3.71. The van der Waals surface area contributed by atoms with Crippen molar-refractivity contribution in [2.24, 2.45) is 0 Å². The molecule has 17 heavy (non-hydrogen) atoms. The second-order valence-corrected chi connectivity index (χ2v) is 5.69. The molecule has 6 heteroatoms. The number of carboxylic acids is 1. The molecule has 5 nitrogen and oxygen atoms in total. The molecule has 0 spiro atoms. The van der Waals surface area contributed by atoms with Gasteiger partial charge in [0.1, 0.15) is 0 Å². The first kappa shape index (κ1) is 13.2. The molecular weight excluding hydrogens is 242 g/mol. The number of nitrogens with zero attached hydrogens (tertiary/aromatic N) is 1. The molecule has 1 aromatic rings. The number of rotatable bonds is 5. The van der Waals surface area contributed by atoms with Gasteiger partial charge in [0.25, 0.3) is 0 Å². The zero-order chi connectivity index (χ0) is 12.9. The molecule has 0 unspecified atom stereocenters. The van der Waals surface area contributed by atoms with Gasteiger partial charge in [-0.2, -0.15) is 5.26 Å². The van der Waals surface area contributed by atoms with Crippen LogP contribution >= 0.6 is 0 Å². The van der Waals surface area contributed by atoms with E-state index in [0.717, 1.165) is 0 Å². The third kappa shape index (κ3) is 4.25. The summed E-state index contributed by atoms with van der Waals surface area (Å²) in [6.07, 6.45) is -0.0322. The van der Waals surface area contributed by atoms with Gasteiger partial charge < -0.3 is 5.11 Å². The summed E-state index contributed by atoms with van der Waals surface area (Å²) in [5, 5.41) is 17.0. The summed E-state index contributed by atoms with van der Waals surface area (Å²) < 4.78 is 23.0. The molecular formula is C11H11NO4S. The molecule has 1 aromatic carbocycles. The molecule has 0 aliphatic rings. The first-order chi connectivity index (χ1) is 7.94. The first-order valence-electron chi connectivity index (χ1n) is 4.84. The van der Waals surface area contributed by atoms with Gasteiger partial charge in [0.05, 0.1) is 23.1 Å². The molecule has 90 valence electrons. The first-order valence-corrected chi connectivity index (χ1v) is 6.66. The molecule has 0 aromatic heterocycles. The number of carbonyl (C=O) groups is 1. The lowest BCUT2D eigenvalue weighted by molar-refractivity contribution is 0.0697. The average Bonchev–Trinajstić information content (AvgIpc) is 2.26. The average molecular weight is 253 g/mol. The number of aromatic carboxylic acids is 1. The smallest absolute Gasteiger partial charge is 0.335 e. The third-order valence-electron chi connectivity index (χ3n) is 2.11. The van der Waals surface area contributed by atoms with Crippen molar-refractivity contribution in [3.63, 3.8) is 0 Å². The van der Waals surface area contributed by atoms with Gasteiger partial charge in [-0.1, -0.05) is 12.1 Å². The van der Waals surface area contributed by atoms with Crippen molar-refractivity contribution >= 4 is 15.8 Å². The van der Waals surface area contributed by atoms with Crippen LogP contribution in [0.1, 0.15) is 22.3 Å². The van der Waals surface area contributed by atoms with Crippen LogP contribution in [0.5, 0.6) is 0 Å². The van der Waals surface area contributed by atoms with Gasteiger partial charge in [-0.3, -0.25) is 0 Å². The minimum Gasteiger partial charge on any atom is -0.478 e. The molecule has 1 rings (SSSR count). The Hall–Kier alpha value is -1.87. The fraction of sp³-hybridized carbons (Fsp3) is 0.273. The zero-order valence-corrected chi connectivity index (χ0v) is 9.77. The van der Waals surface area contributed by atoms with E-state index in [1.54, 1.807) is 6.07 Å². The van der Waals surface area contributed by atoms with Crippen LogP contribution in [0.2, 0.25) is 0 Å². The number of hydrogen-bond donors (Lipinski definition) is 1. The van der Waals surface area contributed by atoms with E-state index in [-0.39, 0.29) is 23.5 Å². The fourth-order valence-corrected chi connectivity index (χ4v) is 2.52. The maximum atomic E-state index is 11.5. The Labute approximate surface area is 99.2 Å². The van der Waals surface area contributed by atoms with Crippen LogP contribution in [0.3, 0.4) is 0 Å². The van der Waals surface area contributed by atoms with Gasteiger partial charge in [-0.25, -0.2) is 13.2 Å². The molecule has 0 amide bonds. The van der Waals surface area contributed by atoms with Gasteiger partial charge in [0, 0.05) is 6.42 Å². The van der Waals surface area contributed by atoms with Gasteiger partial charge in [-0.15, -0.1) is 0 Å². The van der Waals surface area contributed by atoms with Crippen LogP contribution in [0.25, 0.3) is 0 Å². The lowest BCUT2D eigenvalue weighted by atomic mass is 10.1. The van der Waals surface area contributed by atoms with Crippen LogP contribution in [-0.2, 0) is 15.6 Å². The summed E-state index contributed by atoms with van der Waals surface area (Å²) in [4.78, 5) is 10.6. The predicted molar refractivity (Wildman–Crippen MR) is 61.1 cm³/mol. The van der Waals surface area contributed by atoms with Gasteiger partial charge in [0.2, 0.25) is 0 Å². The Balaban J connectivity index is 2.76. The number of carboxylic acid groups (broad SMARTS) is 1. The second kappa shape index (κ2) is 5.46. The highest BCUT2D eigenvalue weighted by Crippen LogP contribution is 2.09. The summed E-state index contributed by atoms with van der Waals surface area (Å²) in [6, 6.07) is 7.43. The minimum absolute atomic E-state index is 0.0322. The van der Waals surface area contributed by atoms with Crippen molar-refractivity contribution in [2.75, 3.05) is 5.75 Å². The Bertz CT molecular complexity index is 540. The Kier molecular flexibility index (Phi) is 4.24. The predicted octanol–water partition coefficient (Wildman–Crippen LogP) is 1.21. The van der Waals surface area contributed by atoms with Crippen molar-refractivity contribution in [3.05, 3.63) is 35.4 Å². The van der Waals surface area contributed by atoms with Gasteiger partial charge >= 0.3 is 5.97 Å². The van der Waals surface area contributed by atoms with E-state index in [4.69, 9.17) is 10.4 Å². The Morgan fingerprint density at radius 1 is 1.29 bits per heavy atom. The number of hydrogen-bond acceptors (Lipinski definition) is 4. The van der Waals surface area contributed by atoms with E-state index in [0.29, 0.717) is 5.56 Å². The molecule has 0 saturated heterocycles. The summed E-state index contributed by atoms with van der Waals surface area (Å²) in [7, 11) is -3.30. The highest BCUT2D eigenvalue weighted by Gasteiger charge is 2.12. The molecule has 0 bridgehead atoms. The Morgan fingerprint density at radius 2 is 1.88 bits per heavy atom. The van der Waals surface area contributed by atoms with Crippen molar-refractivity contribution < 1.29 is 18.3 Å². The molecule has 0 aliphatic carbocycles. The fourth-order valence-electron chi connectivity index (χ4n) is 1.27. The number of nitriles is 1. The van der Waals surface area contributed by atoms with Gasteiger partial charge in [-0.05, 0) is 17.7 Å². The maximum absolute atomic E-state index is 11.5. The molecule has 0 aliphatic heterocycles. The van der Waals surface area contributed by atoms with Gasteiger partial charge in [0.15, 0.2) is 9.84 Å². The number of benzene rings is 1. The molecule has 0 fully saturated rings. The summed E-state index contributed by atoms with van der Waals surface area (Å²) in [5.74, 6) is -1.40. The van der Waals surface area contributed by atoms with E-state index in [1.165, 1.54) is 24.3 Å². The van der Waals surface area contributed by atoms with E-state index < -0.39 is 15.8 Å².